The van der Waals surface area contributed by atoms with Gasteiger partial charge in [0.05, 0.1) is 5.41 Å². The molecule has 5 heteroatoms. The van der Waals surface area contributed by atoms with Crippen LogP contribution in [0.3, 0.4) is 0 Å². The summed E-state index contributed by atoms with van der Waals surface area (Å²) in [6, 6.07) is 5.72. The molecule has 96 valence electrons. The summed E-state index contributed by atoms with van der Waals surface area (Å²) < 4.78 is 0. The zero-order valence-corrected chi connectivity index (χ0v) is 10.1. The standard InChI is InChI=1S/C14H12N2O3/c17-12-10-11(16-19)8-5-1-3-7-4-2-6-14(10,9(7)8)13(18)15-12/h1,3,5,10,19H,2,4,6H2,(H,15,17,18)/b16-11-. The molecular weight excluding hydrogens is 244 g/mol. The first-order valence-corrected chi connectivity index (χ1v) is 6.40. The second-order valence-electron chi connectivity index (χ2n) is 5.40. The van der Waals surface area contributed by atoms with Crippen LogP contribution in [0.4, 0.5) is 0 Å². The minimum atomic E-state index is -0.831. The molecular formula is C14H12N2O3. The summed E-state index contributed by atoms with van der Waals surface area (Å²) in [7, 11) is 0. The molecule has 2 atom stereocenters. The predicted octanol–water partition coefficient (Wildman–Crippen LogP) is 0.725. The Hall–Kier alpha value is -2.17. The first kappa shape index (κ1) is 10.7. The Balaban J connectivity index is 2.13. The van der Waals surface area contributed by atoms with Crippen molar-refractivity contribution in [1.82, 2.24) is 5.32 Å². The van der Waals surface area contributed by atoms with Crippen molar-refractivity contribution in [2.45, 2.75) is 24.7 Å². The van der Waals surface area contributed by atoms with Crippen LogP contribution in [0.25, 0.3) is 0 Å². The highest BCUT2D eigenvalue weighted by Gasteiger charge is 2.64. The van der Waals surface area contributed by atoms with Gasteiger partial charge in [-0.3, -0.25) is 14.9 Å². The Bertz CT molecular complexity index is 665. The largest absolute Gasteiger partial charge is 0.411 e. The van der Waals surface area contributed by atoms with Crippen LogP contribution in [0, 0.1) is 5.92 Å². The molecule has 2 N–H and O–H groups in total. The van der Waals surface area contributed by atoms with Crippen LogP contribution >= 0.6 is 0 Å². The number of benzene rings is 1. The molecule has 1 aliphatic heterocycles. The topological polar surface area (TPSA) is 78.8 Å². The van der Waals surface area contributed by atoms with Crippen molar-refractivity contribution in [3.63, 3.8) is 0 Å². The summed E-state index contributed by atoms with van der Waals surface area (Å²) in [5.74, 6) is -1.25. The van der Waals surface area contributed by atoms with Crippen LogP contribution < -0.4 is 5.32 Å². The second kappa shape index (κ2) is 3.23. The SMILES string of the molecule is O=C1NC(=O)C23CCCc4cccc(c42)/C(=N/O)C13. The first-order valence-electron chi connectivity index (χ1n) is 6.40. The third-order valence-corrected chi connectivity index (χ3v) is 4.67. The van der Waals surface area contributed by atoms with Gasteiger partial charge < -0.3 is 5.21 Å². The number of imide groups is 1. The average Bonchev–Trinajstić information content (AvgIpc) is 2.84. The molecule has 5 nitrogen and oxygen atoms in total. The van der Waals surface area contributed by atoms with E-state index in [9.17, 15) is 14.8 Å². The fraction of sp³-hybridized carbons (Fsp3) is 0.357. The monoisotopic (exact) mass is 256 g/mol. The van der Waals surface area contributed by atoms with E-state index in [-0.39, 0.29) is 11.8 Å². The van der Waals surface area contributed by atoms with Gasteiger partial charge in [-0.1, -0.05) is 23.4 Å². The van der Waals surface area contributed by atoms with Gasteiger partial charge in [-0.25, -0.2) is 0 Å². The smallest absolute Gasteiger partial charge is 0.238 e. The lowest BCUT2D eigenvalue weighted by atomic mass is 9.67. The molecule has 2 amide bonds. The maximum atomic E-state index is 12.4. The highest BCUT2D eigenvalue weighted by atomic mass is 16.4. The highest BCUT2D eigenvalue weighted by molar-refractivity contribution is 6.29. The lowest BCUT2D eigenvalue weighted by molar-refractivity contribution is -0.126. The number of nitrogens with one attached hydrogen (secondary N) is 1. The molecule has 0 aromatic heterocycles. The van der Waals surface area contributed by atoms with Gasteiger partial charge in [-0.2, -0.15) is 0 Å². The van der Waals surface area contributed by atoms with Crippen molar-refractivity contribution >= 4 is 17.5 Å². The van der Waals surface area contributed by atoms with Crippen molar-refractivity contribution in [2.75, 3.05) is 0 Å². The van der Waals surface area contributed by atoms with E-state index in [2.05, 4.69) is 10.5 Å². The van der Waals surface area contributed by atoms with Crippen LogP contribution in [0.15, 0.2) is 23.4 Å². The molecule has 1 heterocycles. The molecule has 2 aliphatic carbocycles. The zero-order valence-electron chi connectivity index (χ0n) is 10.1. The minimum absolute atomic E-state index is 0.241. The quantitative estimate of drug-likeness (QED) is 0.408. The summed E-state index contributed by atoms with van der Waals surface area (Å²) in [6.45, 7) is 0. The third-order valence-electron chi connectivity index (χ3n) is 4.67. The van der Waals surface area contributed by atoms with Gasteiger partial charge in [0.2, 0.25) is 11.8 Å². The number of nitrogens with zero attached hydrogens (tertiary/aromatic N) is 1. The molecule has 1 aromatic rings. The lowest BCUT2D eigenvalue weighted by Crippen LogP contribution is -2.40. The molecule has 0 radical (unpaired) electrons. The van der Waals surface area contributed by atoms with E-state index in [0.29, 0.717) is 12.1 Å². The van der Waals surface area contributed by atoms with Gasteiger partial charge in [-0.05, 0) is 30.4 Å². The van der Waals surface area contributed by atoms with E-state index >= 15 is 0 Å². The van der Waals surface area contributed by atoms with E-state index in [1.54, 1.807) is 0 Å². The zero-order chi connectivity index (χ0) is 13.2. The number of hydrogen-bond acceptors (Lipinski definition) is 4. The summed E-state index contributed by atoms with van der Waals surface area (Å²) >= 11 is 0. The summed E-state index contributed by atoms with van der Waals surface area (Å²) in [5, 5.41) is 15.0. The molecule has 1 aromatic carbocycles. The average molecular weight is 256 g/mol. The summed E-state index contributed by atoms with van der Waals surface area (Å²) in [4.78, 5) is 24.4. The Kier molecular flexibility index (Phi) is 1.82. The Labute approximate surface area is 109 Å². The first-order chi connectivity index (χ1) is 9.20. The van der Waals surface area contributed by atoms with Crippen LogP contribution in [0.1, 0.15) is 29.5 Å². The van der Waals surface area contributed by atoms with E-state index in [1.165, 1.54) is 0 Å². The number of oxime groups is 1. The molecule has 19 heavy (non-hydrogen) atoms. The fourth-order valence-corrected chi connectivity index (χ4v) is 4.02. The van der Waals surface area contributed by atoms with Crippen molar-refractivity contribution < 1.29 is 14.8 Å². The molecule has 3 aliphatic rings. The number of rotatable bonds is 0. The number of amides is 2. The van der Waals surface area contributed by atoms with Gasteiger partial charge in [0, 0.05) is 5.56 Å². The van der Waals surface area contributed by atoms with E-state index in [0.717, 1.165) is 29.5 Å². The van der Waals surface area contributed by atoms with E-state index < -0.39 is 11.3 Å². The second-order valence-corrected chi connectivity index (χ2v) is 5.40. The lowest BCUT2D eigenvalue weighted by Gasteiger charge is -2.31. The third kappa shape index (κ3) is 1.01. The Morgan fingerprint density at radius 2 is 2.21 bits per heavy atom. The van der Waals surface area contributed by atoms with E-state index in [4.69, 9.17) is 0 Å². The molecule has 1 saturated heterocycles. The van der Waals surface area contributed by atoms with Crippen molar-refractivity contribution in [3.05, 3.63) is 34.9 Å². The fourth-order valence-electron chi connectivity index (χ4n) is 4.02. The van der Waals surface area contributed by atoms with Gasteiger partial charge in [-0.15, -0.1) is 0 Å². The van der Waals surface area contributed by atoms with Gasteiger partial charge in [0.15, 0.2) is 0 Å². The van der Waals surface area contributed by atoms with Crippen molar-refractivity contribution in [2.24, 2.45) is 11.1 Å². The van der Waals surface area contributed by atoms with Crippen LogP contribution in [0.2, 0.25) is 0 Å². The van der Waals surface area contributed by atoms with Gasteiger partial charge >= 0.3 is 0 Å². The molecule has 1 spiro atoms. The molecule has 0 saturated carbocycles. The van der Waals surface area contributed by atoms with Gasteiger partial charge in [0.1, 0.15) is 11.6 Å². The van der Waals surface area contributed by atoms with Crippen LogP contribution in [-0.2, 0) is 21.4 Å². The summed E-state index contributed by atoms with van der Waals surface area (Å²) in [6.07, 6.45) is 2.41. The van der Waals surface area contributed by atoms with E-state index in [1.807, 2.05) is 18.2 Å². The number of carbonyl (C=O) groups is 2. The maximum absolute atomic E-state index is 12.4. The van der Waals surface area contributed by atoms with Crippen LogP contribution in [-0.4, -0.2) is 22.7 Å². The molecule has 2 unspecified atom stereocenters. The molecule has 4 rings (SSSR count). The van der Waals surface area contributed by atoms with Crippen molar-refractivity contribution in [3.8, 4) is 0 Å². The molecule has 0 bridgehead atoms. The number of carbonyl (C=O) groups excluding carboxylic acids is 2. The predicted molar refractivity (Wildman–Crippen MR) is 66.0 cm³/mol. The molecule has 1 fully saturated rings. The number of aryl methyl sites for hydroxylation is 1. The summed E-state index contributed by atoms with van der Waals surface area (Å²) in [5.41, 5.74) is 2.26. The Morgan fingerprint density at radius 1 is 1.37 bits per heavy atom. The van der Waals surface area contributed by atoms with Crippen LogP contribution in [0.5, 0.6) is 0 Å². The normalized spacial score (nSPS) is 33.3. The minimum Gasteiger partial charge on any atom is -0.411 e. The highest BCUT2D eigenvalue weighted by Crippen LogP contribution is 2.53. The number of hydrogen-bond donors (Lipinski definition) is 2. The van der Waals surface area contributed by atoms with Gasteiger partial charge in [0.25, 0.3) is 0 Å². The Morgan fingerprint density at radius 3 is 3.00 bits per heavy atom. The van der Waals surface area contributed by atoms with Crippen molar-refractivity contribution in [1.29, 1.82) is 0 Å². The maximum Gasteiger partial charge on any atom is 0.238 e.